The topological polar surface area (TPSA) is 84.6 Å². The Kier molecular flexibility index (Phi) is 4.47. The zero-order valence-corrected chi connectivity index (χ0v) is 12.2. The quantitative estimate of drug-likeness (QED) is 0.848. The third-order valence-electron chi connectivity index (χ3n) is 2.75. The van der Waals surface area contributed by atoms with Gasteiger partial charge in [-0.2, -0.15) is 0 Å². The van der Waals surface area contributed by atoms with Gasteiger partial charge in [-0.15, -0.1) is 0 Å². The second-order valence-electron chi connectivity index (χ2n) is 4.90. The lowest BCUT2D eigenvalue weighted by molar-refractivity contribution is 0.0660. The Labute approximate surface area is 122 Å². The van der Waals surface area contributed by atoms with Gasteiger partial charge in [-0.05, 0) is 45.0 Å². The Bertz CT molecular complexity index is 622. The smallest absolute Gasteiger partial charge is 0.371 e. The van der Waals surface area contributed by atoms with Crippen LogP contribution in [0.2, 0.25) is 0 Å². The minimum absolute atomic E-state index is 0.0120. The molecule has 0 aliphatic rings. The van der Waals surface area contributed by atoms with E-state index >= 15 is 0 Å². The maximum absolute atomic E-state index is 10.8. The summed E-state index contributed by atoms with van der Waals surface area (Å²) < 4.78 is 10.9. The highest BCUT2D eigenvalue weighted by molar-refractivity contribution is 5.84. The number of hydrogen-bond acceptors (Lipinski definition) is 5. The summed E-state index contributed by atoms with van der Waals surface area (Å²) >= 11 is 0. The molecule has 0 aliphatic heterocycles. The molecule has 1 atom stereocenters. The van der Waals surface area contributed by atoms with Crippen LogP contribution in [0.4, 0.5) is 5.69 Å². The van der Waals surface area contributed by atoms with Gasteiger partial charge in [0.15, 0.2) is 0 Å². The van der Waals surface area contributed by atoms with Crippen LogP contribution in [0.5, 0.6) is 5.88 Å². The van der Waals surface area contributed by atoms with Crippen molar-refractivity contribution in [3.8, 4) is 5.88 Å². The molecule has 2 N–H and O–H groups in total. The Hall–Kier alpha value is -2.50. The van der Waals surface area contributed by atoms with E-state index in [-0.39, 0.29) is 17.9 Å². The molecule has 0 bridgehead atoms. The van der Waals surface area contributed by atoms with E-state index in [9.17, 15) is 4.79 Å². The SMILES string of the molecule is CC(C)Oc1ncccc1NC(C)c1ccc(C(=O)O)o1. The number of hydrogen-bond donors (Lipinski definition) is 2. The molecule has 6 nitrogen and oxygen atoms in total. The molecular formula is C15H18N2O4. The number of anilines is 1. The number of nitrogens with one attached hydrogen (secondary N) is 1. The van der Waals surface area contributed by atoms with Crippen molar-refractivity contribution < 1.29 is 19.1 Å². The molecule has 0 amide bonds. The molecule has 0 radical (unpaired) electrons. The molecular weight excluding hydrogens is 272 g/mol. The van der Waals surface area contributed by atoms with Crippen molar-refractivity contribution in [2.75, 3.05) is 5.32 Å². The molecule has 6 heteroatoms. The van der Waals surface area contributed by atoms with E-state index in [0.717, 1.165) is 5.69 Å². The molecule has 0 saturated carbocycles. The maximum atomic E-state index is 10.8. The molecule has 2 heterocycles. The lowest BCUT2D eigenvalue weighted by atomic mass is 10.2. The molecule has 2 rings (SSSR count). The van der Waals surface area contributed by atoms with Gasteiger partial charge in [-0.1, -0.05) is 0 Å². The number of pyridine rings is 1. The molecule has 2 aromatic rings. The van der Waals surface area contributed by atoms with Crippen molar-refractivity contribution in [1.82, 2.24) is 4.98 Å². The van der Waals surface area contributed by atoms with E-state index < -0.39 is 5.97 Å². The number of rotatable bonds is 6. The molecule has 0 aliphatic carbocycles. The summed E-state index contributed by atoms with van der Waals surface area (Å²) in [4.78, 5) is 15.0. The number of aromatic carboxylic acids is 1. The van der Waals surface area contributed by atoms with Gasteiger partial charge in [0.1, 0.15) is 5.76 Å². The van der Waals surface area contributed by atoms with Gasteiger partial charge < -0.3 is 19.6 Å². The van der Waals surface area contributed by atoms with E-state index in [0.29, 0.717) is 11.6 Å². The third-order valence-corrected chi connectivity index (χ3v) is 2.75. The van der Waals surface area contributed by atoms with Crippen LogP contribution in [0.3, 0.4) is 0 Å². The summed E-state index contributed by atoms with van der Waals surface area (Å²) in [6.45, 7) is 5.72. The van der Waals surface area contributed by atoms with E-state index in [4.69, 9.17) is 14.3 Å². The molecule has 1 unspecified atom stereocenters. The van der Waals surface area contributed by atoms with Gasteiger partial charge >= 0.3 is 5.97 Å². The zero-order valence-electron chi connectivity index (χ0n) is 12.2. The molecule has 0 spiro atoms. The monoisotopic (exact) mass is 290 g/mol. The Balaban J connectivity index is 2.15. The summed E-state index contributed by atoms with van der Waals surface area (Å²) in [5, 5.41) is 12.1. The fourth-order valence-electron chi connectivity index (χ4n) is 1.82. The number of ether oxygens (including phenoxy) is 1. The number of furan rings is 1. The van der Waals surface area contributed by atoms with Crippen molar-refractivity contribution >= 4 is 11.7 Å². The van der Waals surface area contributed by atoms with Crippen molar-refractivity contribution in [2.24, 2.45) is 0 Å². The van der Waals surface area contributed by atoms with Crippen LogP contribution < -0.4 is 10.1 Å². The zero-order chi connectivity index (χ0) is 15.4. The normalized spacial score (nSPS) is 12.2. The summed E-state index contributed by atoms with van der Waals surface area (Å²) in [6, 6.07) is 6.51. The second kappa shape index (κ2) is 6.30. The fraction of sp³-hybridized carbons (Fsp3) is 0.333. The van der Waals surface area contributed by atoms with E-state index in [1.807, 2.05) is 26.8 Å². The Morgan fingerprint density at radius 2 is 2.10 bits per heavy atom. The standard InChI is InChI=1S/C15H18N2O4/c1-9(2)20-14-11(5-4-8-16-14)17-10(3)12-6-7-13(21-12)15(18)19/h4-10,17H,1-3H3,(H,18,19). The minimum Gasteiger partial charge on any atom is -0.475 e. The number of aromatic nitrogens is 1. The minimum atomic E-state index is -1.08. The van der Waals surface area contributed by atoms with Gasteiger partial charge in [-0.3, -0.25) is 0 Å². The van der Waals surface area contributed by atoms with Gasteiger partial charge in [0, 0.05) is 6.20 Å². The first-order chi connectivity index (χ1) is 9.97. The second-order valence-corrected chi connectivity index (χ2v) is 4.90. The van der Waals surface area contributed by atoms with Gasteiger partial charge in [0.2, 0.25) is 11.6 Å². The lowest BCUT2D eigenvalue weighted by Gasteiger charge is -2.17. The van der Waals surface area contributed by atoms with Crippen molar-refractivity contribution in [1.29, 1.82) is 0 Å². The molecule has 21 heavy (non-hydrogen) atoms. The van der Waals surface area contributed by atoms with Gasteiger partial charge in [0.05, 0.1) is 17.8 Å². The summed E-state index contributed by atoms with van der Waals surface area (Å²) in [6.07, 6.45) is 1.67. The predicted molar refractivity (Wildman–Crippen MR) is 77.7 cm³/mol. The predicted octanol–water partition coefficient (Wildman–Crippen LogP) is 3.33. The van der Waals surface area contributed by atoms with Crippen LogP contribution in [-0.4, -0.2) is 22.2 Å². The summed E-state index contributed by atoms with van der Waals surface area (Å²) in [5.74, 6) is -0.127. The van der Waals surface area contributed by atoms with Crippen molar-refractivity contribution in [3.05, 3.63) is 42.0 Å². The molecule has 0 aromatic carbocycles. The number of carbonyl (C=O) groups is 1. The van der Waals surface area contributed by atoms with E-state index in [1.54, 1.807) is 18.3 Å². The van der Waals surface area contributed by atoms with Crippen LogP contribution in [0.25, 0.3) is 0 Å². The summed E-state index contributed by atoms with van der Waals surface area (Å²) in [7, 11) is 0. The van der Waals surface area contributed by atoms with Gasteiger partial charge in [-0.25, -0.2) is 9.78 Å². The summed E-state index contributed by atoms with van der Waals surface area (Å²) in [5.41, 5.74) is 0.729. The van der Waals surface area contributed by atoms with E-state index in [2.05, 4.69) is 10.3 Å². The highest BCUT2D eigenvalue weighted by atomic mass is 16.5. The highest BCUT2D eigenvalue weighted by Crippen LogP contribution is 2.27. The molecule has 112 valence electrons. The Morgan fingerprint density at radius 1 is 1.33 bits per heavy atom. The van der Waals surface area contributed by atoms with Crippen LogP contribution in [0.1, 0.15) is 43.1 Å². The van der Waals surface area contributed by atoms with Crippen LogP contribution in [-0.2, 0) is 0 Å². The highest BCUT2D eigenvalue weighted by Gasteiger charge is 2.16. The van der Waals surface area contributed by atoms with Gasteiger partial charge in [0.25, 0.3) is 0 Å². The third kappa shape index (κ3) is 3.75. The lowest BCUT2D eigenvalue weighted by Crippen LogP contribution is -2.12. The van der Waals surface area contributed by atoms with Crippen molar-refractivity contribution in [2.45, 2.75) is 32.9 Å². The first kappa shape index (κ1) is 14.9. The largest absolute Gasteiger partial charge is 0.475 e. The maximum Gasteiger partial charge on any atom is 0.371 e. The number of nitrogens with zero attached hydrogens (tertiary/aromatic N) is 1. The number of carboxylic acid groups (broad SMARTS) is 1. The molecule has 2 aromatic heterocycles. The molecule has 0 saturated heterocycles. The van der Waals surface area contributed by atoms with E-state index in [1.165, 1.54) is 6.07 Å². The molecule has 0 fully saturated rings. The fourth-order valence-corrected chi connectivity index (χ4v) is 1.82. The number of carboxylic acids is 1. The van der Waals surface area contributed by atoms with Crippen molar-refractivity contribution in [3.63, 3.8) is 0 Å². The first-order valence-corrected chi connectivity index (χ1v) is 6.68. The van der Waals surface area contributed by atoms with Crippen LogP contribution >= 0.6 is 0 Å². The Morgan fingerprint density at radius 3 is 2.71 bits per heavy atom. The first-order valence-electron chi connectivity index (χ1n) is 6.68. The average Bonchev–Trinajstić information content (AvgIpc) is 2.90. The van der Waals surface area contributed by atoms with Crippen LogP contribution in [0.15, 0.2) is 34.9 Å². The average molecular weight is 290 g/mol. The van der Waals surface area contributed by atoms with Crippen LogP contribution in [0, 0.1) is 0 Å².